The number of quaternary nitrogens is 1. The zero-order valence-electron chi connectivity index (χ0n) is 12.7. The molecule has 0 amide bonds. The second-order valence-electron chi connectivity index (χ2n) is 6.29. The van der Waals surface area contributed by atoms with Crippen molar-refractivity contribution in [2.24, 2.45) is 0 Å². The highest BCUT2D eigenvalue weighted by molar-refractivity contribution is 6.15. The first kappa shape index (κ1) is 17.0. The molecule has 4 nitrogen and oxygen atoms in total. The Morgan fingerprint density at radius 3 is 2.32 bits per heavy atom. The topological polar surface area (TPSA) is 49.4 Å². The summed E-state index contributed by atoms with van der Waals surface area (Å²) in [6.45, 7) is 3.83. The van der Waals surface area contributed by atoms with Crippen LogP contribution in [0.25, 0.3) is 5.57 Å². The minimum Gasteiger partial charge on any atom is -0.633 e. The van der Waals surface area contributed by atoms with Gasteiger partial charge in [-0.05, 0) is 5.56 Å². The van der Waals surface area contributed by atoms with Crippen LogP contribution in [0.15, 0.2) is 36.9 Å². The molecule has 2 unspecified atom stereocenters. The van der Waals surface area contributed by atoms with Gasteiger partial charge in [0.25, 0.3) is 0 Å². The Morgan fingerprint density at radius 1 is 1.23 bits per heavy atom. The van der Waals surface area contributed by atoms with E-state index in [2.05, 4.69) is 6.58 Å². The zero-order valence-corrected chi connectivity index (χ0v) is 13.6. The number of piperidine rings is 1. The summed E-state index contributed by atoms with van der Waals surface area (Å²) in [5.41, 5.74) is 1.17. The Bertz CT molecular complexity index is 542. The van der Waals surface area contributed by atoms with Crippen LogP contribution in [0.4, 0.5) is 0 Å². The van der Waals surface area contributed by atoms with Crippen molar-refractivity contribution in [1.29, 1.82) is 0 Å². The van der Waals surface area contributed by atoms with Gasteiger partial charge < -0.3 is 14.6 Å². The molecule has 0 aliphatic carbocycles. The van der Waals surface area contributed by atoms with Crippen LogP contribution in [0, 0.1) is 5.21 Å². The molecule has 22 heavy (non-hydrogen) atoms. The van der Waals surface area contributed by atoms with Gasteiger partial charge in [-0.3, -0.25) is 0 Å². The van der Waals surface area contributed by atoms with E-state index in [-0.39, 0.29) is 41.2 Å². The molecule has 0 radical (unpaired) electrons. The molecule has 2 bridgehead atoms. The fourth-order valence-corrected chi connectivity index (χ4v) is 3.63. The first-order valence-electron chi connectivity index (χ1n) is 7.50. The fraction of sp³-hybridized carbons (Fsp3) is 0.471. The molecule has 2 fully saturated rings. The number of fused-ring (bicyclic) bond motifs is 2. The lowest BCUT2D eigenvalue weighted by molar-refractivity contribution is -0.903. The Balaban J connectivity index is 0.00000176. The lowest BCUT2D eigenvalue weighted by Crippen LogP contribution is -2.54. The van der Waals surface area contributed by atoms with E-state index < -0.39 is 0 Å². The van der Waals surface area contributed by atoms with Crippen molar-refractivity contribution >= 4 is 23.9 Å². The molecule has 0 N–H and O–H groups in total. The number of esters is 1. The van der Waals surface area contributed by atoms with Crippen LogP contribution in [-0.2, 0) is 9.53 Å². The normalized spacial score (nSPS) is 32.9. The summed E-state index contributed by atoms with van der Waals surface area (Å²) < 4.78 is 5.44. The number of halogens is 1. The van der Waals surface area contributed by atoms with Gasteiger partial charge in [-0.15, -0.1) is 12.4 Å². The van der Waals surface area contributed by atoms with E-state index in [1.54, 1.807) is 7.05 Å². The van der Waals surface area contributed by atoms with Gasteiger partial charge in [-0.1, -0.05) is 36.9 Å². The Labute approximate surface area is 137 Å². The third-order valence-corrected chi connectivity index (χ3v) is 5.00. The van der Waals surface area contributed by atoms with E-state index in [1.165, 1.54) is 0 Å². The molecule has 0 aromatic heterocycles. The molecule has 2 aliphatic heterocycles. The third kappa shape index (κ3) is 3.05. The van der Waals surface area contributed by atoms with E-state index in [1.807, 2.05) is 30.3 Å². The van der Waals surface area contributed by atoms with E-state index in [0.29, 0.717) is 18.4 Å². The second-order valence-corrected chi connectivity index (χ2v) is 6.29. The van der Waals surface area contributed by atoms with Gasteiger partial charge in [0.1, 0.15) is 6.10 Å². The maximum atomic E-state index is 12.4. The van der Waals surface area contributed by atoms with Gasteiger partial charge in [0, 0.05) is 25.7 Å². The summed E-state index contributed by atoms with van der Waals surface area (Å²) in [6, 6.07) is 9.48. The Hall–Kier alpha value is -1.36. The van der Waals surface area contributed by atoms with Crippen LogP contribution in [0.5, 0.6) is 0 Å². The maximum Gasteiger partial charge on any atom is 0.338 e. The quantitative estimate of drug-likeness (QED) is 0.371. The summed E-state index contributed by atoms with van der Waals surface area (Å²) in [5.74, 6) is -0.368. The predicted octanol–water partition coefficient (Wildman–Crippen LogP) is 3.30. The van der Waals surface area contributed by atoms with Crippen LogP contribution >= 0.6 is 12.4 Å². The van der Waals surface area contributed by atoms with Crippen LogP contribution in [0.3, 0.4) is 0 Å². The standard InChI is InChI=1S/C17H21NO3.ClH/c1-12(13-6-4-3-5-7-13)17(19)21-16-10-14-8-9-15(11-16)18(14,2)20;/h3-7,14-16H,1,8-11H2,2H3;1H. The molecule has 1 aromatic carbocycles. The van der Waals surface area contributed by atoms with E-state index in [0.717, 1.165) is 18.4 Å². The minimum absolute atomic E-state index is 0. The largest absolute Gasteiger partial charge is 0.633 e. The first-order valence-corrected chi connectivity index (χ1v) is 7.50. The van der Waals surface area contributed by atoms with Crippen molar-refractivity contribution in [1.82, 2.24) is 0 Å². The SMILES string of the molecule is C=C(C(=O)OC1CC2CCC(C1)[N+]2(C)[O-])c1ccccc1.Cl. The molecule has 2 atom stereocenters. The lowest BCUT2D eigenvalue weighted by Gasteiger charge is -2.50. The van der Waals surface area contributed by atoms with Crippen molar-refractivity contribution < 1.29 is 14.2 Å². The van der Waals surface area contributed by atoms with Gasteiger partial charge in [-0.2, -0.15) is 0 Å². The van der Waals surface area contributed by atoms with Gasteiger partial charge in [0.2, 0.25) is 0 Å². The number of hydroxylamine groups is 3. The first-order chi connectivity index (χ1) is 9.98. The van der Waals surface area contributed by atoms with Crippen molar-refractivity contribution in [2.45, 2.75) is 43.9 Å². The monoisotopic (exact) mass is 323 g/mol. The number of carbonyl (C=O) groups is 1. The smallest absolute Gasteiger partial charge is 0.338 e. The lowest BCUT2D eigenvalue weighted by atomic mass is 9.99. The number of rotatable bonds is 3. The maximum absolute atomic E-state index is 12.4. The van der Waals surface area contributed by atoms with Crippen molar-refractivity contribution in [3.8, 4) is 0 Å². The van der Waals surface area contributed by atoms with Gasteiger partial charge in [0.05, 0.1) is 24.7 Å². The molecule has 2 heterocycles. The molecule has 3 rings (SSSR count). The molecule has 5 heteroatoms. The van der Waals surface area contributed by atoms with E-state index in [4.69, 9.17) is 4.74 Å². The number of hydrogen-bond donors (Lipinski definition) is 0. The Morgan fingerprint density at radius 2 is 1.77 bits per heavy atom. The molecule has 120 valence electrons. The molecular weight excluding hydrogens is 302 g/mol. The average Bonchev–Trinajstić information content (AvgIpc) is 2.67. The highest BCUT2D eigenvalue weighted by Crippen LogP contribution is 2.41. The third-order valence-electron chi connectivity index (χ3n) is 5.00. The van der Waals surface area contributed by atoms with Crippen LogP contribution < -0.4 is 0 Å². The molecule has 2 aliphatic rings. The summed E-state index contributed by atoms with van der Waals surface area (Å²) >= 11 is 0. The average molecular weight is 324 g/mol. The van der Waals surface area contributed by atoms with Crippen molar-refractivity contribution in [3.05, 3.63) is 47.7 Å². The number of ether oxygens (including phenoxy) is 1. The van der Waals surface area contributed by atoms with E-state index in [9.17, 15) is 10.0 Å². The summed E-state index contributed by atoms with van der Waals surface area (Å²) in [6.07, 6.45) is 3.08. The molecule has 0 spiro atoms. The fourth-order valence-electron chi connectivity index (χ4n) is 3.63. The van der Waals surface area contributed by atoms with Crippen LogP contribution in [0.2, 0.25) is 0 Å². The zero-order chi connectivity index (χ0) is 15.0. The number of hydrogen-bond acceptors (Lipinski definition) is 3. The summed E-state index contributed by atoms with van der Waals surface area (Å²) in [5, 5.41) is 12.4. The molecule has 0 saturated carbocycles. The summed E-state index contributed by atoms with van der Waals surface area (Å²) in [4.78, 5) is 12.2. The number of nitrogens with zero attached hydrogens (tertiary/aromatic N) is 1. The van der Waals surface area contributed by atoms with Gasteiger partial charge in [0.15, 0.2) is 0 Å². The summed E-state index contributed by atoms with van der Waals surface area (Å²) in [7, 11) is 1.75. The second kappa shape index (κ2) is 6.41. The van der Waals surface area contributed by atoms with Crippen molar-refractivity contribution in [3.63, 3.8) is 0 Å². The van der Waals surface area contributed by atoms with Gasteiger partial charge in [-0.25, -0.2) is 4.79 Å². The van der Waals surface area contributed by atoms with E-state index >= 15 is 0 Å². The van der Waals surface area contributed by atoms with Crippen molar-refractivity contribution in [2.75, 3.05) is 7.05 Å². The van der Waals surface area contributed by atoms with Gasteiger partial charge >= 0.3 is 5.97 Å². The predicted molar refractivity (Wildman–Crippen MR) is 88.2 cm³/mol. The van der Waals surface area contributed by atoms with Crippen LogP contribution in [0.1, 0.15) is 31.2 Å². The number of benzene rings is 1. The van der Waals surface area contributed by atoms with Crippen LogP contribution in [-0.4, -0.2) is 35.9 Å². The molecule has 1 aromatic rings. The Kier molecular flexibility index (Phi) is 4.95. The highest BCUT2D eigenvalue weighted by atomic mass is 35.5. The number of carbonyl (C=O) groups excluding carboxylic acids is 1. The minimum atomic E-state index is -0.368. The highest BCUT2D eigenvalue weighted by Gasteiger charge is 2.47. The molecular formula is C17H22ClNO3. The molecule has 2 saturated heterocycles.